The third-order valence-electron chi connectivity index (χ3n) is 3.97. The van der Waals surface area contributed by atoms with Crippen LogP contribution in [-0.4, -0.2) is 25.0 Å². The number of amides is 1. The average molecular weight is 315 g/mol. The molecule has 1 aromatic carbocycles. The third kappa shape index (κ3) is 3.66. The zero-order valence-electron chi connectivity index (χ0n) is 11.8. The molecule has 1 fully saturated rings. The van der Waals surface area contributed by atoms with Crippen LogP contribution in [0.1, 0.15) is 37.0 Å². The molecular formula is C15H20Cl2N2O. The van der Waals surface area contributed by atoms with Crippen LogP contribution in [0.15, 0.2) is 18.2 Å². The van der Waals surface area contributed by atoms with Gasteiger partial charge in [-0.3, -0.25) is 4.79 Å². The summed E-state index contributed by atoms with van der Waals surface area (Å²) in [5.74, 6) is -0.180. The lowest BCUT2D eigenvalue weighted by Gasteiger charge is -2.39. The molecule has 1 aliphatic heterocycles. The first-order valence-electron chi connectivity index (χ1n) is 6.87. The van der Waals surface area contributed by atoms with Gasteiger partial charge in [0.2, 0.25) is 0 Å². The molecule has 0 radical (unpaired) electrons. The number of nitrogens with one attached hydrogen (secondary N) is 2. The van der Waals surface area contributed by atoms with Gasteiger partial charge in [0.25, 0.3) is 5.91 Å². The van der Waals surface area contributed by atoms with Crippen molar-refractivity contribution in [1.82, 2.24) is 10.6 Å². The predicted molar refractivity (Wildman–Crippen MR) is 83.6 cm³/mol. The Hall–Kier alpha value is -0.770. The Bertz CT molecular complexity index is 503. The molecule has 1 aromatic rings. The second kappa shape index (κ2) is 6.33. The zero-order valence-corrected chi connectivity index (χ0v) is 13.3. The van der Waals surface area contributed by atoms with E-state index in [2.05, 4.69) is 24.5 Å². The van der Waals surface area contributed by atoms with Gasteiger partial charge >= 0.3 is 0 Å². The van der Waals surface area contributed by atoms with Crippen LogP contribution in [0.2, 0.25) is 10.0 Å². The van der Waals surface area contributed by atoms with Crippen molar-refractivity contribution < 1.29 is 4.79 Å². The Kier molecular flexibility index (Phi) is 4.95. The van der Waals surface area contributed by atoms with Crippen molar-refractivity contribution in [1.29, 1.82) is 0 Å². The second-order valence-electron chi connectivity index (χ2n) is 5.93. The fourth-order valence-corrected chi connectivity index (χ4v) is 2.96. The molecule has 0 aliphatic carbocycles. The lowest BCUT2D eigenvalue weighted by molar-refractivity contribution is 0.0929. The van der Waals surface area contributed by atoms with Gasteiger partial charge in [0.15, 0.2) is 0 Å². The van der Waals surface area contributed by atoms with Crippen LogP contribution < -0.4 is 10.6 Å². The van der Waals surface area contributed by atoms with E-state index < -0.39 is 0 Å². The van der Waals surface area contributed by atoms with Crippen molar-refractivity contribution in [2.75, 3.05) is 13.1 Å². The molecule has 110 valence electrons. The number of piperidine rings is 1. The number of carbonyl (C=O) groups excluding carboxylic acids is 1. The summed E-state index contributed by atoms with van der Waals surface area (Å²) in [7, 11) is 0. The Labute approximate surface area is 130 Å². The van der Waals surface area contributed by atoms with Crippen LogP contribution in [0.4, 0.5) is 0 Å². The second-order valence-corrected chi connectivity index (χ2v) is 6.78. The van der Waals surface area contributed by atoms with Crippen molar-refractivity contribution in [3.63, 3.8) is 0 Å². The molecule has 2 rings (SSSR count). The van der Waals surface area contributed by atoms with Gasteiger partial charge in [-0.05, 0) is 43.0 Å². The van der Waals surface area contributed by atoms with Gasteiger partial charge in [-0.25, -0.2) is 0 Å². The molecular weight excluding hydrogens is 295 g/mol. The van der Waals surface area contributed by atoms with Crippen LogP contribution in [-0.2, 0) is 0 Å². The summed E-state index contributed by atoms with van der Waals surface area (Å²) in [6.07, 6.45) is 2.34. The minimum Gasteiger partial charge on any atom is -0.350 e. The van der Waals surface area contributed by atoms with Gasteiger partial charge in [-0.15, -0.1) is 0 Å². The van der Waals surface area contributed by atoms with Crippen molar-refractivity contribution in [2.24, 2.45) is 5.41 Å². The van der Waals surface area contributed by atoms with E-state index in [1.54, 1.807) is 18.2 Å². The van der Waals surface area contributed by atoms with E-state index in [9.17, 15) is 4.79 Å². The molecule has 20 heavy (non-hydrogen) atoms. The maximum atomic E-state index is 12.2. The Morgan fingerprint density at radius 2 is 2.20 bits per heavy atom. The highest BCUT2D eigenvalue weighted by molar-refractivity contribution is 6.35. The highest BCUT2D eigenvalue weighted by Gasteiger charge is 2.32. The summed E-state index contributed by atoms with van der Waals surface area (Å²) < 4.78 is 0. The molecule has 1 unspecified atom stereocenters. The highest BCUT2D eigenvalue weighted by atomic mass is 35.5. The van der Waals surface area contributed by atoms with Crippen LogP contribution in [0.5, 0.6) is 0 Å². The van der Waals surface area contributed by atoms with E-state index in [-0.39, 0.29) is 17.4 Å². The predicted octanol–water partition coefficient (Wildman–Crippen LogP) is 3.50. The van der Waals surface area contributed by atoms with Crippen LogP contribution in [0, 0.1) is 5.41 Å². The van der Waals surface area contributed by atoms with E-state index in [0.29, 0.717) is 22.2 Å². The average Bonchev–Trinajstić information content (AvgIpc) is 2.39. The summed E-state index contributed by atoms with van der Waals surface area (Å²) in [6, 6.07) is 5.19. The molecule has 1 saturated heterocycles. The van der Waals surface area contributed by atoms with Crippen molar-refractivity contribution in [2.45, 2.75) is 32.7 Å². The molecule has 1 aliphatic rings. The quantitative estimate of drug-likeness (QED) is 0.896. The van der Waals surface area contributed by atoms with Gasteiger partial charge in [0.05, 0.1) is 10.6 Å². The number of halogens is 2. The number of rotatable bonds is 3. The summed E-state index contributed by atoms with van der Waals surface area (Å²) in [6.45, 7) is 6.04. The monoisotopic (exact) mass is 314 g/mol. The standard InChI is InChI=1S/C15H20Cl2N2O/c1-15(2)6-3-7-18-13(15)9-19-14(20)11-8-10(16)4-5-12(11)17/h4-5,8,13,18H,3,6-7,9H2,1-2H3,(H,19,20). The molecule has 2 N–H and O–H groups in total. The molecule has 0 aromatic heterocycles. The van der Waals surface area contributed by atoms with E-state index in [1.807, 2.05) is 0 Å². The van der Waals surface area contributed by atoms with Crippen molar-refractivity contribution >= 4 is 29.1 Å². The molecule has 0 spiro atoms. The molecule has 1 heterocycles. The van der Waals surface area contributed by atoms with E-state index in [4.69, 9.17) is 23.2 Å². The Morgan fingerprint density at radius 3 is 2.90 bits per heavy atom. The van der Waals surface area contributed by atoms with Crippen LogP contribution in [0.3, 0.4) is 0 Å². The summed E-state index contributed by atoms with van der Waals surface area (Å²) >= 11 is 11.9. The minimum atomic E-state index is -0.180. The van der Waals surface area contributed by atoms with E-state index in [1.165, 1.54) is 12.8 Å². The van der Waals surface area contributed by atoms with E-state index >= 15 is 0 Å². The molecule has 0 saturated carbocycles. The van der Waals surface area contributed by atoms with Crippen LogP contribution in [0.25, 0.3) is 0 Å². The first kappa shape index (κ1) is 15.6. The first-order valence-corrected chi connectivity index (χ1v) is 7.62. The molecule has 1 amide bonds. The van der Waals surface area contributed by atoms with Gasteiger partial charge in [-0.2, -0.15) is 0 Å². The highest BCUT2D eigenvalue weighted by Crippen LogP contribution is 2.29. The lowest BCUT2D eigenvalue weighted by atomic mass is 9.77. The third-order valence-corrected chi connectivity index (χ3v) is 4.54. The number of carbonyl (C=O) groups is 1. The normalized spacial score (nSPS) is 21.5. The largest absolute Gasteiger partial charge is 0.350 e. The zero-order chi connectivity index (χ0) is 14.8. The maximum absolute atomic E-state index is 12.2. The summed E-state index contributed by atoms with van der Waals surface area (Å²) in [5, 5.41) is 7.35. The van der Waals surface area contributed by atoms with Crippen molar-refractivity contribution in [3.8, 4) is 0 Å². The summed E-state index contributed by atoms with van der Waals surface area (Å²) in [5.41, 5.74) is 0.608. The SMILES string of the molecule is CC1(C)CCCNC1CNC(=O)c1cc(Cl)ccc1Cl. The maximum Gasteiger partial charge on any atom is 0.252 e. The van der Waals surface area contributed by atoms with Gasteiger partial charge in [0.1, 0.15) is 0 Å². The lowest BCUT2D eigenvalue weighted by Crippen LogP contribution is -2.52. The molecule has 1 atom stereocenters. The number of hydrogen-bond acceptors (Lipinski definition) is 2. The van der Waals surface area contributed by atoms with Gasteiger partial charge in [-0.1, -0.05) is 37.0 Å². The fraction of sp³-hybridized carbons (Fsp3) is 0.533. The van der Waals surface area contributed by atoms with Gasteiger partial charge in [0, 0.05) is 17.6 Å². The molecule has 0 bridgehead atoms. The Balaban J connectivity index is 2.00. The Morgan fingerprint density at radius 1 is 1.45 bits per heavy atom. The molecule has 5 heteroatoms. The first-order chi connectivity index (χ1) is 9.40. The smallest absolute Gasteiger partial charge is 0.252 e. The fourth-order valence-electron chi connectivity index (χ4n) is 2.58. The minimum absolute atomic E-state index is 0.180. The number of benzene rings is 1. The van der Waals surface area contributed by atoms with Crippen molar-refractivity contribution in [3.05, 3.63) is 33.8 Å². The topological polar surface area (TPSA) is 41.1 Å². The summed E-state index contributed by atoms with van der Waals surface area (Å²) in [4.78, 5) is 12.2. The molecule has 3 nitrogen and oxygen atoms in total. The van der Waals surface area contributed by atoms with Gasteiger partial charge < -0.3 is 10.6 Å². The van der Waals surface area contributed by atoms with E-state index in [0.717, 1.165) is 6.54 Å². The number of hydrogen-bond donors (Lipinski definition) is 2. The van der Waals surface area contributed by atoms with Crippen LogP contribution >= 0.6 is 23.2 Å².